The quantitative estimate of drug-likeness (QED) is 0.171. The van der Waals surface area contributed by atoms with Crippen LogP contribution in [0.1, 0.15) is 6.23 Å². The number of nitrogens with zero attached hydrogens (tertiary/aromatic N) is 4. The summed E-state index contributed by atoms with van der Waals surface area (Å²) in [5.41, 5.74) is 3.82. The van der Waals surface area contributed by atoms with Crippen molar-refractivity contribution in [2.24, 2.45) is 4.95 Å². The van der Waals surface area contributed by atoms with E-state index in [1.165, 1.54) is 4.95 Å². The van der Waals surface area contributed by atoms with Gasteiger partial charge in [-0.2, -0.15) is 13.6 Å². The first kappa shape index (κ1) is 26.6. The number of alkyl halides is 2. The summed E-state index contributed by atoms with van der Waals surface area (Å²) in [6.07, 6.45) is -6.58. The number of rotatable bonds is 9. The van der Waals surface area contributed by atoms with Gasteiger partial charge in [-0.1, -0.05) is 0 Å². The van der Waals surface area contributed by atoms with E-state index >= 15 is 4.39 Å². The number of aliphatic hydroxyl groups excluding tert-OH is 1. The number of aliphatic hydroxyl groups is 1. The molecular weight excluding hydrogens is 543 g/mol. The zero-order chi connectivity index (χ0) is 25.7. The second kappa shape index (κ2) is 8.89. The van der Waals surface area contributed by atoms with Crippen LogP contribution < -0.4 is 11.3 Å². The first-order chi connectivity index (χ1) is 15.5. The standard InChI is InChI=1S/C10H13F2N6O13P3/c11-3-5(19)10(12,1-28-33(24,25)31-34(26,27)30-32(22,23)17-21)29-8(3)18-2-14-4-6(18)15-9(13)16-7(4)20/h2-3,5,8,19H,1H2,(H,22,23)(H,24,25)(H,26,27)(H3,13,15,16,20)/t3-,5+,8-,10-/m1/s1. The second-order valence-corrected chi connectivity index (χ2v) is 11.0. The highest BCUT2D eigenvalue weighted by Gasteiger charge is 2.58. The lowest BCUT2D eigenvalue weighted by molar-refractivity contribution is -0.203. The van der Waals surface area contributed by atoms with Gasteiger partial charge in [0.1, 0.15) is 6.61 Å². The molecule has 2 aromatic rings. The van der Waals surface area contributed by atoms with Crippen LogP contribution in [-0.2, 0) is 31.6 Å². The third kappa shape index (κ3) is 5.45. The summed E-state index contributed by atoms with van der Waals surface area (Å²) in [6.45, 7) is -1.82. The molecule has 3 heterocycles. The number of nitrogens with one attached hydrogen (secondary N) is 1. The molecule has 190 valence electrons. The minimum Gasteiger partial charge on any atom is -0.384 e. The maximum Gasteiger partial charge on any atom is 0.496 e. The van der Waals surface area contributed by atoms with Crippen molar-refractivity contribution in [2.45, 2.75) is 24.4 Å². The van der Waals surface area contributed by atoms with Crippen LogP contribution in [-0.4, -0.2) is 64.0 Å². The smallest absolute Gasteiger partial charge is 0.384 e. The fraction of sp³-hybridized carbons (Fsp3) is 0.500. The molecule has 1 saturated heterocycles. The number of nitrogen functional groups attached to an aromatic ring is 1. The molecule has 3 rings (SSSR count). The lowest BCUT2D eigenvalue weighted by atomic mass is 10.1. The average Bonchev–Trinajstić information content (AvgIpc) is 3.20. The number of imidazole rings is 1. The van der Waals surface area contributed by atoms with Crippen molar-refractivity contribution in [3.63, 3.8) is 0 Å². The Hall–Kier alpha value is -2.02. The molecular formula is C10H13F2N6O13P3. The summed E-state index contributed by atoms with van der Waals surface area (Å²) in [7, 11) is -17.4. The molecule has 0 aromatic carbocycles. The molecule has 19 nitrogen and oxygen atoms in total. The van der Waals surface area contributed by atoms with Crippen LogP contribution in [0.3, 0.4) is 0 Å². The van der Waals surface area contributed by atoms with Crippen molar-refractivity contribution in [2.75, 3.05) is 12.3 Å². The molecule has 0 saturated carbocycles. The molecule has 24 heteroatoms. The van der Waals surface area contributed by atoms with Gasteiger partial charge in [0.2, 0.25) is 5.95 Å². The largest absolute Gasteiger partial charge is 0.496 e. The fourth-order valence-electron chi connectivity index (χ4n) is 2.68. The number of fused-ring (bicyclic) bond motifs is 1. The summed E-state index contributed by atoms with van der Waals surface area (Å²) >= 11 is 0. The highest BCUT2D eigenvalue weighted by molar-refractivity contribution is 7.67. The first-order valence-corrected chi connectivity index (χ1v) is 12.8. The predicted octanol–water partition coefficient (Wildman–Crippen LogP) is -0.287. The third-order valence-corrected chi connectivity index (χ3v) is 7.99. The van der Waals surface area contributed by atoms with Gasteiger partial charge in [0.25, 0.3) is 11.4 Å². The van der Waals surface area contributed by atoms with Crippen LogP contribution in [0.5, 0.6) is 0 Å². The molecule has 3 unspecified atom stereocenters. The summed E-state index contributed by atoms with van der Waals surface area (Å²) in [4.78, 5) is 60.1. The summed E-state index contributed by atoms with van der Waals surface area (Å²) < 4.78 is 80.4. The van der Waals surface area contributed by atoms with Gasteiger partial charge < -0.3 is 30.3 Å². The SMILES string of the molecule is Nc1nc2c(ncn2[C@@H]2O[C@](F)(COP(=O)(O)OP(=O)(O)OP(=O)(O)N=O)[C@@H](O)[C@H]2F)c(=O)[nH]1. The molecule has 1 aliphatic heterocycles. The van der Waals surface area contributed by atoms with Gasteiger partial charge in [-0.3, -0.25) is 18.9 Å². The van der Waals surface area contributed by atoms with Crippen LogP contribution in [0.4, 0.5) is 14.7 Å². The maximum absolute atomic E-state index is 15.1. The first-order valence-electron chi connectivity index (χ1n) is 8.31. The van der Waals surface area contributed by atoms with Crippen LogP contribution in [0.15, 0.2) is 16.1 Å². The van der Waals surface area contributed by atoms with Gasteiger partial charge in [-0.25, -0.2) is 27.5 Å². The number of halogens is 2. The molecule has 34 heavy (non-hydrogen) atoms. The number of phosphoric acid groups is 2. The molecule has 0 radical (unpaired) electrons. The molecule has 1 aliphatic rings. The lowest BCUT2D eigenvalue weighted by Crippen LogP contribution is -2.41. The molecule has 0 bridgehead atoms. The Kier molecular flexibility index (Phi) is 6.95. The summed E-state index contributed by atoms with van der Waals surface area (Å²) in [6, 6.07) is 0. The van der Waals surface area contributed by atoms with Crippen LogP contribution in [0, 0.1) is 4.91 Å². The number of nitroso groups, excluding NO2 is 1. The number of nitrogens with two attached hydrogens (primary N) is 1. The number of anilines is 1. The number of hydrogen-bond acceptors (Lipinski definition) is 13. The Bertz CT molecular complexity index is 1320. The Balaban J connectivity index is 1.78. The van der Waals surface area contributed by atoms with Crippen LogP contribution in [0.25, 0.3) is 11.2 Å². The molecule has 0 aliphatic carbocycles. The predicted molar refractivity (Wildman–Crippen MR) is 101 cm³/mol. The number of ether oxygens (including phenoxy) is 1. The van der Waals surface area contributed by atoms with Gasteiger partial charge in [0.05, 0.1) is 6.33 Å². The zero-order valence-electron chi connectivity index (χ0n) is 15.9. The highest BCUT2D eigenvalue weighted by Crippen LogP contribution is 2.68. The number of aromatic amines is 1. The van der Waals surface area contributed by atoms with Gasteiger partial charge >= 0.3 is 23.4 Å². The van der Waals surface area contributed by atoms with Crippen LogP contribution >= 0.6 is 23.4 Å². The van der Waals surface area contributed by atoms with Crippen molar-refractivity contribution in [3.8, 4) is 0 Å². The van der Waals surface area contributed by atoms with Gasteiger partial charge in [-0.05, 0) is 0 Å². The van der Waals surface area contributed by atoms with E-state index in [9.17, 15) is 37.8 Å². The molecule has 0 spiro atoms. The van der Waals surface area contributed by atoms with E-state index in [1.54, 1.807) is 0 Å². The molecule has 7 N–H and O–H groups in total. The second-order valence-electron chi connectivity index (χ2n) is 6.41. The number of phosphoric ester groups is 1. The molecule has 0 amide bonds. The summed E-state index contributed by atoms with van der Waals surface area (Å²) in [5, 5.41) is 9.92. The third-order valence-electron chi connectivity index (χ3n) is 4.00. The minimum absolute atomic E-state index is 0.356. The van der Waals surface area contributed by atoms with E-state index < -0.39 is 65.9 Å². The Morgan fingerprint density at radius 2 is 1.94 bits per heavy atom. The fourth-order valence-corrected chi connectivity index (χ4v) is 5.83. The highest BCUT2D eigenvalue weighted by atomic mass is 31.3. The van der Waals surface area contributed by atoms with E-state index in [2.05, 4.69) is 28.1 Å². The van der Waals surface area contributed by atoms with Crippen molar-refractivity contribution < 1.29 is 60.1 Å². The van der Waals surface area contributed by atoms with Crippen LogP contribution in [0.2, 0.25) is 0 Å². The minimum atomic E-state index is -5.96. The van der Waals surface area contributed by atoms with E-state index in [0.29, 0.717) is 4.57 Å². The normalized spacial score (nSPS) is 30.5. The lowest BCUT2D eigenvalue weighted by Gasteiger charge is -2.24. The van der Waals surface area contributed by atoms with Gasteiger partial charge in [-0.15, -0.1) is 4.91 Å². The van der Waals surface area contributed by atoms with Crippen molar-refractivity contribution >= 4 is 40.5 Å². The molecule has 1 fully saturated rings. The Morgan fingerprint density at radius 3 is 2.56 bits per heavy atom. The van der Waals surface area contributed by atoms with E-state index in [1.807, 2.05) is 0 Å². The molecule has 2 aromatic heterocycles. The van der Waals surface area contributed by atoms with Crippen molar-refractivity contribution in [1.82, 2.24) is 19.5 Å². The van der Waals surface area contributed by atoms with E-state index in [-0.39, 0.29) is 11.2 Å². The van der Waals surface area contributed by atoms with Crippen molar-refractivity contribution in [1.29, 1.82) is 0 Å². The zero-order valence-corrected chi connectivity index (χ0v) is 18.6. The topological polar surface area (TPSA) is 288 Å². The van der Waals surface area contributed by atoms with Gasteiger partial charge in [0.15, 0.2) is 29.7 Å². The number of aromatic nitrogens is 4. The maximum atomic E-state index is 15.1. The monoisotopic (exact) mass is 556 g/mol. The average molecular weight is 556 g/mol. The Morgan fingerprint density at radius 1 is 1.29 bits per heavy atom. The van der Waals surface area contributed by atoms with Gasteiger partial charge in [0, 0.05) is 4.95 Å². The molecule has 7 atom stereocenters. The van der Waals surface area contributed by atoms with Crippen molar-refractivity contribution in [3.05, 3.63) is 21.6 Å². The number of hydrogen-bond donors (Lipinski definition) is 6. The Labute approximate surface area is 184 Å². The summed E-state index contributed by atoms with van der Waals surface area (Å²) in [5.74, 6) is -4.03. The van der Waals surface area contributed by atoms with E-state index in [0.717, 1.165) is 6.33 Å². The number of H-pyrrole nitrogens is 1. The van der Waals surface area contributed by atoms with E-state index in [4.69, 9.17) is 20.3 Å².